The minimum absolute atomic E-state index is 0.244. The summed E-state index contributed by atoms with van der Waals surface area (Å²) < 4.78 is 1.85. The second-order valence-corrected chi connectivity index (χ2v) is 6.38. The molecule has 1 aliphatic rings. The second kappa shape index (κ2) is 7.40. The lowest BCUT2D eigenvalue weighted by atomic mass is 9.92. The molecule has 1 saturated heterocycles. The standard InChI is InChI=1S/C18H24N4O/c1-15-6-10-22(20-15)11-7-18(23)21-9-3-5-17(14-21)12-16-4-2-8-19-13-16/h2,4,6,8,10,13,17H,3,5,7,9,11-12,14H2,1H3/t17-/m1/s1. The molecule has 0 aromatic carbocycles. The monoisotopic (exact) mass is 312 g/mol. The number of amides is 1. The number of piperidine rings is 1. The Kier molecular flexibility index (Phi) is 5.05. The zero-order chi connectivity index (χ0) is 16.1. The van der Waals surface area contributed by atoms with Crippen LogP contribution in [0, 0.1) is 12.8 Å². The highest BCUT2D eigenvalue weighted by molar-refractivity contribution is 5.76. The Morgan fingerprint density at radius 3 is 3.04 bits per heavy atom. The van der Waals surface area contributed by atoms with Gasteiger partial charge in [0.05, 0.1) is 5.69 Å². The first-order valence-corrected chi connectivity index (χ1v) is 8.37. The SMILES string of the molecule is Cc1ccn(CCC(=O)N2CCC[C@H](Cc3cccnc3)C2)n1. The van der Waals surface area contributed by atoms with Gasteiger partial charge in [-0.2, -0.15) is 5.10 Å². The number of carbonyl (C=O) groups excluding carboxylic acids is 1. The van der Waals surface area contributed by atoms with Crippen LogP contribution in [0.3, 0.4) is 0 Å². The van der Waals surface area contributed by atoms with E-state index in [1.54, 1.807) is 6.20 Å². The number of carbonyl (C=O) groups is 1. The Morgan fingerprint density at radius 2 is 2.30 bits per heavy atom. The van der Waals surface area contributed by atoms with Gasteiger partial charge in [-0.05, 0) is 49.8 Å². The molecule has 0 bridgehead atoms. The molecule has 1 fully saturated rings. The molecule has 0 aliphatic carbocycles. The highest BCUT2D eigenvalue weighted by Crippen LogP contribution is 2.21. The Morgan fingerprint density at radius 1 is 1.39 bits per heavy atom. The maximum absolute atomic E-state index is 12.4. The zero-order valence-electron chi connectivity index (χ0n) is 13.7. The van der Waals surface area contributed by atoms with Crippen molar-refractivity contribution in [3.63, 3.8) is 0 Å². The van der Waals surface area contributed by atoms with E-state index in [2.05, 4.69) is 16.1 Å². The lowest BCUT2D eigenvalue weighted by molar-refractivity contribution is -0.133. The van der Waals surface area contributed by atoms with E-state index >= 15 is 0 Å². The number of aryl methyl sites for hydroxylation is 2. The first kappa shape index (κ1) is 15.7. The molecule has 0 unspecified atom stereocenters. The first-order valence-electron chi connectivity index (χ1n) is 8.37. The van der Waals surface area contributed by atoms with Gasteiger partial charge in [0.25, 0.3) is 0 Å². The van der Waals surface area contributed by atoms with Gasteiger partial charge in [-0.3, -0.25) is 14.5 Å². The molecule has 0 N–H and O–H groups in total. The van der Waals surface area contributed by atoms with Gasteiger partial charge in [-0.1, -0.05) is 6.07 Å². The van der Waals surface area contributed by atoms with Gasteiger partial charge in [0.15, 0.2) is 0 Å². The number of rotatable bonds is 5. The van der Waals surface area contributed by atoms with E-state index in [0.29, 0.717) is 18.9 Å². The van der Waals surface area contributed by atoms with Gasteiger partial charge < -0.3 is 4.90 Å². The Bertz CT molecular complexity index is 637. The number of hydrogen-bond donors (Lipinski definition) is 0. The molecule has 122 valence electrons. The maximum atomic E-state index is 12.4. The van der Waals surface area contributed by atoms with Crippen LogP contribution in [0.2, 0.25) is 0 Å². The fourth-order valence-electron chi connectivity index (χ4n) is 3.27. The predicted octanol–water partition coefficient (Wildman–Crippen LogP) is 2.46. The fourth-order valence-corrected chi connectivity index (χ4v) is 3.27. The number of aromatic nitrogens is 3. The molecule has 3 rings (SSSR count). The van der Waals surface area contributed by atoms with Crippen LogP contribution in [0.5, 0.6) is 0 Å². The van der Waals surface area contributed by atoms with Crippen molar-refractivity contribution >= 4 is 5.91 Å². The molecule has 1 amide bonds. The first-order chi connectivity index (χ1) is 11.2. The van der Waals surface area contributed by atoms with Crippen LogP contribution in [0.15, 0.2) is 36.8 Å². The molecule has 0 radical (unpaired) electrons. The van der Waals surface area contributed by atoms with Crippen molar-refractivity contribution in [2.24, 2.45) is 5.92 Å². The van der Waals surface area contributed by atoms with Crippen molar-refractivity contribution in [3.05, 3.63) is 48.0 Å². The van der Waals surface area contributed by atoms with E-state index in [4.69, 9.17) is 0 Å². The summed E-state index contributed by atoms with van der Waals surface area (Å²) in [6, 6.07) is 6.07. The Balaban J connectivity index is 1.50. The topological polar surface area (TPSA) is 51.0 Å². The molecule has 0 saturated carbocycles. The van der Waals surface area contributed by atoms with Crippen LogP contribution in [-0.2, 0) is 17.8 Å². The molecular weight excluding hydrogens is 288 g/mol. The average molecular weight is 312 g/mol. The lowest BCUT2D eigenvalue weighted by Gasteiger charge is -2.33. The molecule has 2 aromatic rings. The third-order valence-electron chi connectivity index (χ3n) is 4.45. The van der Waals surface area contributed by atoms with E-state index in [9.17, 15) is 4.79 Å². The van der Waals surface area contributed by atoms with Gasteiger partial charge in [-0.25, -0.2) is 0 Å². The molecule has 1 atom stereocenters. The summed E-state index contributed by atoms with van der Waals surface area (Å²) >= 11 is 0. The van der Waals surface area contributed by atoms with E-state index in [1.165, 1.54) is 12.0 Å². The van der Waals surface area contributed by atoms with Gasteiger partial charge in [-0.15, -0.1) is 0 Å². The van der Waals surface area contributed by atoms with Crippen molar-refractivity contribution in [1.82, 2.24) is 19.7 Å². The predicted molar refractivity (Wildman–Crippen MR) is 88.8 cm³/mol. The molecule has 3 heterocycles. The van der Waals surface area contributed by atoms with Gasteiger partial charge in [0.2, 0.25) is 5.91 Å². The molecule has 0 spiro atoms. The van der Waals surface area contributed by atoms with Gasteiger partial charge >= 0.3 is 0 Å². The van der Waals surface area contributed by atoms with Crippen LogP contribution in [0.1, 0.15) is 30.5 Å². The summed E-state index contributed by atoms with van der Waals surface area (Å²) in [5, 5.41) is 4.34. The minimum Gasteiger partial charge on any atom is -0.342 e. The van der Waals surface area contributed by atoms with Crippen molar-refractivity contribution in [2.45, 2.75) is 39.2 Å². The van der Waals surface area contributed by atoms with Crippen molar-refractivity contribution in [3.8, 4) is 0 Å². The highest BCUT2D eigenvalue weighted by Gasteiger charge is 2.23. The summed E-state index contributed by atoms with van der Waals surface area (Å²) in [6.45, 7) is 4.38. The zero-order valence-corrected chi connectivity index (χ0v) is 13.7. The Labute approximate surface area is 137 Å². The number of hydrogen-bond acceptors (Lipinski definition) is 3. The normalized spacial score (nSPS) is 18.1. The molecule has 1 aliphatic heterocycles. The lowest BCUT2D eigenvalue weighted by Crippen LogP contribution is -2.40. The summed E-state index contributed by atoms with van der Waals surface area (Å²) in [5.74, 6) is 0.790. The number of nitrogens with zero attached hydrogens (tertiary/aromatic N) is 4. The van der Waals surface area contributed by atoms with Crippen LogP contribution in [0.4, 0.5) is 0 Å². The summed E-state index contributed by atoms with van der Waals surface area (Å²) in [7, 11) is 0. The summed E-state index contributed by atoms with van der Waals surface area (Å²) in [6.07, 6.45) is 9.49. The van der Waals surface area contributed by atoms with E-state index in [0.717, 1.165) is 31.6 Å². The third kappa shape index (κ3) is 4.41. The smallest absolute Gasteiger partial charge is 0.224 e. The summed E-state index contributed by atoms with van der Waals surface area (Å²) in [4.78, 5) is 18.7. The van der Waals surface area contributed by atoms with Crippen LogP contribution < -0.4 is 0 Å². The fraction of sp³-hybridized carbons (Fsp3) is 0.500. The van der Waals surface area contributed by atoms with E-state index in [1.807, 2.05) is 41.0 Å². The quantitative estimate of drug-likeness (QED) is 0.852. The average Bonchev–Trinajstić information content (AvgIpc) is 2.99. The van der Waals surface area contributed by atoms with Crippen LogP contribution in [0.25, 0.3) is 0 Å². The summed E-state index contributed by atoms with van der Waals surface area (Å²) in [5.41, 5.74) is 2.26. The molecule has 5 heteroatoms. The van der Waals surface area contributed by atoms with E-state index in [-0.39, 0.29) is 5.91 Å². The second-order valence-electron chi connectivity index (χ2n) is 6.38. The molecule has 23 heavy (non-hydrogen) atoms. The number of likely N-dealkylation sites (tertiary alicyclic amines) is 1. The molecule has 5 nitrogen and oxygen atoms in total. The van der Waals surface area contributed by atoms with E-state index < -0.39 is 0 Å². The largest absolute Gasteiger partial charge is 0.342 e. The van der Waals surface area contributed by atoms with Crippen LogP contribution in [-0.4, -0.2) is 38.7 Å². The molecular formula is C18H24N4O. The molecule has 2 aromatic heterocycles. The van der Waals surface area contributed by atoms with Crippen molar-refractivity contribution in [2.75, 3.05) is 13.1 Å². The Hall–Kier alpha value is -2.17. The van der Waals surface area contributed by atoms with Gasteiger partial charge in [0, 0.05) is 44.6 Å². The van der Waals surface area contributed by atoms with Crippen molar-refractivity contribution < 1.29 is 4.79 Å². The number of pyridine rings is 1. The van der Waals surface area contributed by atoms with Crippen molar-refractivity contribution in [1.29, 1.82) is 0 Å². The van der Waals surface area contributed by atoms with Gasteiger partial charge in [0.1, 0.15) is 0 Å². The van der Waals surface area contributed by atoms with Crippen LogP contribution >= 0.6 is 0 Å². The highest BCUT2D eigenvalue weighted by atomic mass is 16.2. The maximum Gasteiger partial charge on any atom is 0.224 e. The third-order valence-corrected chi connectivity index (χ3v) is 4.45. The minimum atomic E-state index is 0.244.